The van der Waals surface area contributed by atoms with Gasteiger partial charge in [0.15, 0.2) is 5.82 Å². The van der Waals surface area contributed by atoms with Crippen molar-refractivity contribution in [3.63, 3.8) is 0 Å². The van der Waals surface area contributed by atoms with Crippen LogP contribution in [0.1, 0.15) is 57.0 Å². The molecule has 0 aromatic carbocycles. The van der Waals surface area contributed by atoms with Gasteiger partial charge in [0.05, 0.1) is 9.26 Å². The Morgan fingerprint density at radius 2 is 1.89 bits per heavy atom. The highest BCUT2D eigenvalue weighted by Gasteiger charge is 2.29. The fourth-order valence-electron chi connectivity index (χ4n) is 2.27. The first-order valence-corrected chi connectivity index (χ1v) is 7.70. The Balaban J connectivity index is 2.45. The van der Waals surface area contributed by atoms with Gasteiger partial charge in [-0.05, 0) is 49.3 Å². The highest BCUT2D eigenvalue weighted by atomic mass is 127. The van der Waals surface area contributed by atoms with Crippen LogP contribution in [0.3, 0.4) is 0 Å². The quantitative estimate of drug-likeness (QED) is 0.580. The Morgan fingerprint density at radius 3 is 2.44 bits per heavy atom. The third-order valence-corrected chi connectivity index (χ3v) is 5.28. The number of aromatic nitrogens is 2. The zero-order valence-electron chi connectivity index (χ0n) is 11.0. The van der Waals surface area contributed by atoms with Crippen LogP contribution in [0.15, 0.2) is 0 Å². The van der Waals surface area contributed by atoms with Gasteiger partial charge in [0.1, 0.15) is 10.8 Å². The van der Waals surface area contributed by atoms with Crippen LogP contribution >= 0.6 is 34.2 Å². The van der Waals surface area contributed by atoms with E-state index in [0.717, 1.165) is 9.26 Å². The fourth-order valence-corrected chi connectivity index (χ4v) is 3.12. The average molecular weight is 381 g/mol. The van der Waals surface area contributed by atoms with Crippen molar-refractivity contribution < 1.29 is 4.74 Å². The van der Waals surface area contributed by atoms with Crippen molar-refractivity contribution >= 4 is 34.2 Å². The van der Waals surface area contributed by atoms with Gasteiger partial charge in [-0.1, -0.05) is 24.4 Å². The Hall–Kier alpha value is 0.0600. The second kappa shape index (κ2) is 5.59. The van der Waals surface area contributed by atoms with Crippen molar-refractivity contribution in [2.45, 2.75) is 51.0 Å². The summed E-state index contributed by atoms with van der Waals surface area (Å²) in [5.41, 5.74) is 0.606. The first-order valence-electron chi connectivity index (χ1n) is 6.24. The topological polar surface area (TPSA) is 35.0 Å². The third kappa shape index (κ3) is 2.80. The summed E-state index contributed by atoms with van der Waals surface area (Å²) in [4.78, 5) is 9.10. The first kappa shape index (κ1) is 14.5. The second-order valence-corrected chi connectivity index (χ2v) is 6.67. The summed E-state index contributed by atoms with van der Waals surface area (Å²) in [5.74, 6) is 1.21. The molecule has 1 heterocycles. The number of nitrogens with zero attached hydrogens (tertiary/aromatic N) is 2. The number of hydrogen-bond donors (Lipinski definition) is 0. The fraction of sp³-hybridized carbons (Fsp3) is 0.692. The first-order chi connectivity index (χ1) is 8.45. The van der Waals surface area contributed by atoms with Crippen LogP contribution in [0, 0.1) is 3.57 Å². The molecule has 2 rings (SSSR count). The van der Waals surface area contributed by atoms with Crippen LogP contribution in [-0.4, -0.2) is 17.1 Å². The number of halogens is 2. The molecule has 0 amide bonds. The van der Waals surface area contributed by atoms with E-state index in [0.29, 0.717) is 16.9 Å². The minimum atomic E-state index is -0.499. The standard InChI is InChI=1S/C13H18ClIN2O/c1-13(2,18-3)12-16-10(8-6-4-5-7-8)9(15)11(14)17-12/h8H,4-7H2,1-3H3. The normalized spacial score (nSPS) is 17.4. The van der Waals surface area contributed by atoms with E-state index in [1.807, 2.05) is 13.8 Å². The van der Waals surface area contributed by atoms with Gasteiger partial charge >= 0.3 is 0 Å². The molecule has 0 N–H and O–H groups in total. The summed E-state index contributed by atoms with van der Waals surface area (Å²) in [6.07, 6.45) is 4.98. The molecule has 0 aliphatic heterocycles. The molecule has 3 nitrogen and oxygen atoms in total. The van der Waals surface area contributed by atoms with Gasteiger partial charge in [-0.25, -0.2) is 9.97 Å². The van der Waals surface area contributed by atoms with Crippen molar-refractivity contribution in [2.24, 2.45) is 0 Å². The molecule has 0 unspecified atom stereocenters. The van der Waals surface area contributed by atoms with Crippen LogP contribution in [-0.2, 0) is 10.3 Å². The third-order valence-electron chi connectivity index (χ3n) is 3.63. The lowest BCUT2D eigenvalue weighted by Crippen LogP contribution is -2.24. The molecule has 1 fully saturated rings. The second-order valence-electron chi connectivity index (χ2n) is 5.23. The molecule has 0 radical (unpaired) electrons. The summed E-state index contributed by atoms with van der Waals surface area (Å²) in [6.45, 7) is 3.92. The van der Waals surface area contributed by atoms with Gasteiger partial charge in [0, 0.05) is 13.0 Å². The predicted octanol–water partition coefficient (Wildman–Crippen LogP) is 4.27. The molecule has 18 heavy (non-hydrogen) atoms. The molecule has 1 saturated carbocycles. The van der Waals surface area contributed by atoms with E-state index >= 15 is 0 Å². The van der Waals surface area contributed by atoms with Crippen molar-refractivity contribution in [1.82, 2.24) is 9.97 Å². The van der Waals surface area contributed by atoms with Crippen LogP contribution in [0.25, 0.3) is 0 Å². The summed E-state index contributed by atoms with van der Waals surface area (Å²) < 4.78 is 6.45. The maximum absolute atomic E-state index is 6.25. The summed E-state index contributed by atoms with van der Waals surface area (Å²) in [7, 11) is 1.67. The van der Waals surface area contributed by atoms with Gasteiger partial charge in [-0.2, -0.15) is 0 Å². The number of methoxy groups -OCH3 is 1. The van der Waals surface area contributed by atoms with E-state index in [9.17, 15) is 0 Å². The Kier molecular flexibility index (Phi) is 4.49. The van der Waals surface area contributed by atoms with Crippen LogP contribution in [0.2, 0.25) is 5.15 Å². The summed E-state index contributed by atoms with van der Waals surface area (Å²) >= 11 is 8.50. The lowest BCUT2D eigenvalue weighted by molar-refractivity contribution is 0.0112. The Bertz CT molecular complexity index is 445. The van der Waals surface area contributed by atoms with Gasteiger partial charge in [0.2, 0.25) is 0 Å². The molecule has 5 heteroatoms. The lowest BCUT2D eigenvalue weighted by Gasteiger charge is -2.23. The molecule has 100 valence electrons. The maximum Gasteiger partial charge on any atom is 0.161 e. The van der Waals surface area contributed by atoms with E-state index in [4.69, 9.17) is 21.3 Å². The molecule has 1 aromatic heterocycles. The minimum absolute atomic E-state index is 0.499. The van der Waals surface area contributed by atoms with Crippen molar-refractivity contribution in [1.29, 1.82) is 0 Å². The van der Waals surface area contributed by atoms with Gasteiger partial charge < -0.3 is 4.74 Å². The van der Waals surface area contributed by atoms with Gasteiger partial charge in [0.25, 0.3) is 0 Å². The zero-order chi connectivity index (χ0) is 13.3. The maximum atomic E-state index is 6.25. The smallest absolute Gasteiger partial charge is 0.161 e. The molecule has 0 atom stereocenters. The lowest BCUT2D eigenvalue weighted by atomic mass is 10.0. The Labute approximate surface area is 127 Å². The van der Waals surface area contributed by atoms with E-state index in [1.54, 1.807) is 7.11 Å². The van der Waals surface area contributed by atoms with Crippen LogP contribution < -0.4 is 0 Å². The number of rotatable bonds is 3. The average Bonchev–Trinajstić information content (AvgIpc) is 2.85. The molecular weight excluding hydrogens is 363 g/mol. The van der Waals surface area contributed by atoms with E-state index in [-0.39, 0.29) is 0 Å². The van der Waals surface area contributed by atoms with E-state index < -0.39 is 5.60 Å². The van der Waals surface area contributed by atoms with Crippen molar-refractivity contribution in [3.05, 3.63) is 20.2 Å². The highest BCUT2D eigenvalue weighted by molar-refractivity contribution is 14.1. The summed E-state index contributed by atoms with van der Waals surface area (Å²) in [5, 5.41) is 0.549. The van der Waals surface area contributed by atoms with Gasteiger partial charge in [-0.15, -0.1) is 0 Å². The Morgan fingerprint density at radius 1 is 1.28 bits per heavy atom. The molecule has 0 spiro atoms. The SMILES string of the molecule is COC(C)(C)c1nc(Cl)c(I)c(C2CCCC2)n1. The van der Waals surface area contributed by atoms with Gasteiger partial charge in [-0.3, -0.25) is 0 Å². The molecule has 1 aliphatic rings. The number of hydrogen-bond acceptors (Lipinski definition) is 3. The predicted molar refractivity (Wildman–Crippen MR) is 81.0 cm³/mol. The largest absolute Gasteiger partial charge is 0.371 e. The highest BCUT2D eigenvalue weighted by Crippen LogP contribution is 2.37. The number of ether oxygens (including phenoxy) is 1. The van der Waals surface area contributed by atoms with Crippen molar-refractivity contribution in [3.8, 4) is 0 Å². The molecule has 0 bridgehead atoms. The molecule has 1 aromatic rings. The van der Waals surface area contributed by atoms with Crippen LogP contribution in [0.5, 0.6) is 0 Å². The van der Waals surface area contributed by atoms with Crippen molar-refractivity contribution in [2.75, 3.05) is 7.11 Å². The van der Waals surface area contributed by atoms with E-state index in [1.165, 1.54) is 25.7 Å². The summed E-state index contributed by atoms with van der Waals surface area (Å²) in [6, 6.07) is 0. The molecular formula is C13H18ClIN2O. The zero-order valence-corrected chi connectivity index (χ0v) is 13.9. The van der Waals surface area contributed by atoms with E-state index in [2.05, 4.69) is 27.6 Å². The minimum Gasteiger partial charge on any atom is -0.371 e. The molecule has 0 saturated heterocycles. The molecule has 1 aliphatic carbocycles. The van der Waals surface area contributed by atoms with Crippen LogP contribution in [0.4, 0.5) is 0 Å². The monoisotopic (exact) mass is 380 g/mol.